The molecule has 1 aliphatic rings. The highest BCUT2D eigenvalue weighted by atomic mass is 32.2. The van der Waals surface area contributed by atoms with Gasteiger partial charge in [0.1, 0.15) is 0 Å². The summed E-state index contributed by atoms with van der Waals surface area (Å²) in [5.74, 6) is 0. The van der Waals surface area contributed by atoms with E-state index in [1.54, 1.807) is 22.1 Å². The van der Waals surface area contributed by atoms with E-state index in [1.165, 1.54) is 6.33 Å². The number of hydrogen-bond acceptors (Lipinski definition) is 3. The third-order valence-electron chi connectivity index (χ3n) is 2.85. The van der Waals surface area contributed by atoms with Gasteiger partial charge in [-0.25, -0.2) is 13.4 Å². The van der Waals surface area contributed by atoms with Gasteiger partial charge in [0.15, 0.2) is 5.03 Å². The van der Waals surface area contributed by atoms with Crippen molar-refractivity contribution in [2.75, 3.05) is 13.1 Å². The Morgan fingerprint density at radius 2 is 1.81 bits per heavy atom. The minimum atomic E-state index is -3.36. The second kappa shape index (κ2) is 4.55. The van der Waals surface area contributed by atoms with Crippen molar-refractivity contribution in [2.24, 2.45) is 7.05 Å². The number of hydrogen-bond donors (Lipinski definition) is 0. The lowest BCUT2D eigenvalue weighted by molar-refractivity contribution is 0.422. The standard InChI is InChI=1S/C10H17N3O2S/c1-12-8-10(11-9-12)16(14,15)13-6-4-2-3-5-7-13/h8-9H,2-7H2,1H3. The van der Waals surface area contributed by atoms with Crippen molar-refractivity contribution in [3.63, 3.8) is 0 Å². The third-order valence-corrected chi connectivity index (χ3v) is 4.63. The largest absolute Gasteiger partial charge is 0.339 e. The monoisotopic (exact) mass is 243 g/mol. The van der Waals surface area contributed by atoms with Crippen LogP contribution in [-0.2, 0) is 17.1 Å². The van der Waals surface area contributed by atoms with E-state index in [2.05, 4.69) is 4.98 Å². The number of aryl methyl sites for hydroxylation is 1. The number of imidazole rings is 1. The summed E-state index contributed by atoms with van der Waals surface area (Å²) in [6, 6.07) is 0. The first-order chi connectivity index (χ1) is 7.60. The quantitative estimate of drug-likeness (QED) is 0.778. The lowest BCUT2D eigenvalue weighted by atomic mass is 10.2. The van der Waals surface area contributed by atoms with Crippen molar-refractivity contribution in [3.8, 4) is 0 Å². The molecule has 1 fully saturated rings. The molecule has 90 valence electrons. The molecule has 0 aliphatic carbocycles. The average molecular weight is 243 g/mol. The molecular weight excluding hydrogens is 226 g/mol. The van der Waals surface area contributed by atoms with Gasteiger partial charge in [0.05, 0.1) is 6.33 Å². The Labute approximate surface area is 96.1 Å². The number of rotatable bonds is 2. The summed E-state index contributed by atoms with van der Waals surface area (Å²) < 4.78 is 27.6. The molecule has 6 heteroatoms. The maximum absolute atomic E-state index is 12.2. The molecule has 1 aliphatic heterocycles. The molecule has 1 saturated heterocycles. The van der Waals surface area contributed by atoms with E-state index in [9.17, 15) is 8.42 Å². The Hall–Kier alpha value is -0.880. The Morgan fingerprint density at radius 1 is 1.19 bits per heavy atom. The van der Waals surface area contributed by atoms with Gasteiger partial charge in [-0.2, -0.15) is 4.31 Å². The van der Waals surface area contributed by atoms with Crippen LogP contribution in [0, 0.1) is 0 Å². The SMILES string of the molecule is Cn1cnc(S(=O)(=O)N2CCCCCC2)c1. The van der Waals surface area contributed by atoms with Crippen LogP contribution >= 0.6 is 0 Å². The first-order valence-electron chi connectivity index (χ1n) is 5.59. The first-order valence-corrected chi connectivity index (χ1v) is 7.03. The van der Waals surface area contributed by atoms with Crippen LogP contribution in [0.4, 0.5) is 0 Å². The lowest BCUT2D eigenvalue weighted by Gasteiger charge is -2.17. The fourth-order valence-electron chi connectivity index (χ4n) is 1.94. The Morgan fingerprint density at radius 3 is 2.31 bits per heavy atom. The second-order valence-corrected chi connectivity index (χ2v) is 6.08. The number of nitrogens with zero attached hydrogens (tertiary/aromatic N) is 3. The molecule has 0 aromatic carbocycles. The van der Waals surface area contributed by atoms with Crippen LogP contribution in [0.2, 0.25) is 0 Å². The molecule has 0 amide bonds. The zero-order valence-corrected chi connectivity index (χ0v) is 10.3. The molecule has 1 aromatic rings. The Kier molecular flexibility index (Phi) is 3.30. The molecule has 0 radical (unpaired) electrons. The van der Waals surface area contributed by atoms with E-state index in [4.69, 9.17) is 0 Å². The van der Waals surface area contributed by atoms with E-state index in [0.717, 1.165) is 25.7 Å². The molecule has 0 N–H and O–H groups in total. The maximum Gasteiger partial charge on any atom is 0.262 e. The summed E-state index contributed by atoms with van der Waals surface area (Å²) in [7, 11) is -1.59. The van der Waals surface area contributed by atoms with Gasteiger partial charge < -0.3 is 4.57 Å². The highest BCUT2D eigenvalue weighted by molar-refractivity contribution is 7.89. The van der Waals surface area contributed by atoms with Crippen molar-refractivity contribution >= 4 is 10.0 Å². The molecule has 0 spiro atoms. The Bertz CT molecular complexity index is 444. The molecule has 2 rings (SSSR count). The van der Waals surface area contributed by atoms with Crippen LogP contribution in [0.5, 0.6) is 0 Å². The van der Waals surface area contributed by atoms with Gasteiger partial charge in [0.25, 0.3) is 10.0 Å². The van der Waals surface area contributed by atoms with Crippen molar-refractivity contribution in [1.82, 2.24) is 13.9 Å². The van der Waals surface area contributed by atoms with Gasteiger partial charge in [0, 0.05) is 26.3 Å². The van der Waals surface area contributed by atoms with Crippen molar-refractivity contribution in [1.29, 1.82) is 0 Å². The molecule has 2 heterocycles. The zero-order valence-electron chi connectivity index (χ0n) is 9.46. The van der Waals surface area contributed by atoms with E-state index in [0.29, 0.717) is 13.1 Å². The molecule has 16 heavy (non-hydrogen) atoms. The normalized spacial score (nSPS) is 19.6. The zero-order chi connectivity index (χ0) is 11.6. The summed E-state index contributed by atoms with van der Waals surface area (Å²) in [5, 5.41) is 0.164. The van der Waals surface area contributed by atoms with E-state index in [-0.39, 0.29) is 5.03 Å². The first kappa shape index (κ1) is 11.6. The highest BCUT2D eigenvalue weighted by Crippen LogP contribution is 2.18. The van der Waals surface area contributed by atoms with Crippen LogP contribution in [-0.4, -0.2) is 35.4 Å². The summed E-state index contributed by atoms with van der Waals surface area (Å²) in [4.78, 5) is 3.93. The summed E-state index contributed by atoms with van der Waals surface area (Å²) >= 11 is 0. The fourth-order valence-corrected chi connectivity index (χ4v) is 3.42. The van der Waals surface area contributed by atoms with E-state index >= 15 is 0 Å². The van der Waals surface area contributed by atoms with Crippen molar-refractivity contribution < 1.29 is 8.42 Å². The van der Waals surface area contributed by atoms with Crippen molar-refractivity contribution in [3.05, 3.63) is 12.5 Å². The van der Waals surface area contributed by atoms with Gasteiger partial charge in [-0.05, 0) is 12.8 Å². The predicted octanol–water partition coefficient (Wildman–Crippen LogP) is 0.985. The van der Waals surface area contributed by atoms with Crippen molar-refractivity contribution in [2.45, 2.75) is 30.7 Å². The smallest absolute Gasteiger partial charge is 0.262 e. The highest BCUT2D eigenvalue weighted by Gasteiger charge is 2.26. The van der Waals surface area contributed by atoms with E-state index in [1.807, 2.05) is 0 Å². The van der Waals surface area contributed by atoms with Crippen LogP contribution in [0.15, 0.2) is 17.6 Å². The summed E-state index contributed by atoms with van der Waals surface area (Å²) in [6.07, 6.45) is 7.21. The second-order valence-electron chi connectivity index (χ2n) is 4.20. The van der Waals surface area contributed by atoms with Gasteiger partial charge >= 0.3 is 0 Å². The number of aromatic nitrogens is 2. The van der Waals surface area contributed by atoms with E-state index < -0.39 is 10.0 Å². The minimum absolute atomic E-state index is 0.164. The number of sulfonamides is 1. The summed E-state index contributed by atoms with van der Waals surface area (Å²) in [6.45, 7) is 1.25. The maximum atomic E-state index is 12.2. The van der Waals surface area contributed by atoms with Gasteiger partial charge in [-0.15, -0.1) is 0 Å². The third kappa shape index (κ3) is 2.27. The van der Waals surface area contributed by atoms with Crippen LogP contribution in [0.3, 0.4) is 0 Å². The van der Waals surface area contributed by atoms with Crippen LogP contribution in [0.25, 0.3) is 0 Å². The molecule has 5 nitrogen and oxygen atoms in total. The lowest BCUT2D eigenvalue weighted by Crippen LogP contribution is -2.32. The molecule has 0 bridgehead atoms. The average Bonchev–Trinajstić information content (AvgIpc) is 2.54. The van der Waals surface area contributed by atoms with Gasteiger partial charge in [-0.1, -0.05) is 12.8 Å². The molecule has 0 unspecified atom stereocenters. The predicted molar refractivity (Wildman–Crippen MR) is 60.4 cm³/mol. The molecular formula is C10H17N3O2S. The van der Waals surface area contributed by atoms with Gasteiger partial charge in [0.2, 0.25) is 0 Å². The summed E-state index contributed by atoms with van der Waals surface area (Å²) in [5.41, 5.74) is 0. The molecule has 1 aromatic heterocycles. The topological polar surface area (TPSA) is 55.2 Å². The molecule has 0 saturated carbocycles. The molecule has 0 atom stereocenters. The van der Waals surface area contributed by atoms with Crippen LogP contribution < -0.4 is 0 Å². The van der Waals surface area contributed by atoms with Gasteiger partial charge in [-0.3, -0.25) is 0 Å². The van der Waals surface area contributed by atoms with Crippen LogP contribution in [0.1, 0.15) is 25.7 Å². The fraction of sp³-hybridized carbons (Fsp3) is 0.700. The minimum Gasteiger partial charge on any atom is -0.339 e. The Balaban J connectivity index is 2.23.